The van der Waals surface area contributed by atoms with Crippen molar-refractivity contribution in [1.29, 1.82) is 0 Å². The lowest BCUT2D eigenvalue weighted by atomic mass is 10.2. The lowest BCUT2D eigenvalue weighted by molar-refractivity contribution is 0.740. The van der Waals surface area contributed by atoms with Gasteiger partial charge in [-0.05, 0) is 24.1 Å². The van der Waals surface area contributed by atoms with Crippen LogP contribution in [0.2, 0.25) is 5.02 Å². The van der Waals surface area contributed by atoms with Gasteiger partial charge in [-0.3, -0.25) is 0 Å². The van der Waals surface area contributed by atoms with Gasteiger partial charge in [0.15, 0.2) is 5.82 Å². The van der Waals surface area contributed by atoms with Gasteiger partial charge in [-0.15, -0.1) is 5.10 Å². The molecule has 0 saturated heterocycles. The average Bonchev–Trinajstić information content (AvgIpc) is 2.52. The van der Waals surface area contributed by atoms with Gasteiger partial charge < -0.3 is 10.2 Å². The van der Waals surface area contributed by atoms with Gasteiger partial charge in [0, 0.05) is 25.2 Å². The number of anilines is 2. The molecule has 1 N–H and O–H groups in total. The van der Waals surface area contributed by atoms with Crippen molar-refractivity contribution in [3.63, 3.8) is 0 Å². The smallest absolute Gasteiger partial charge is 0.247 e. The van der Waals surface area contributed by atoms with E-state index in [2.05, 4.69) is 27.4 Å². The molecular weight excluding hydrogens is 286 g/mol. The maximum atomic E-state index is 5.87. The van der Waals surface area contributed by atoms with Gasteiger partial charge in [-0.2, -0.15) is 10.1 Å². The first-order valence-electron chi connectivity index (χ1n) is 7.08. The van der Waals surface area contributed by atoms with Crippen LogP contribution in [-0.2, 0) is 6.54 Å². The minimum Gasteiger partial charge on any atom is -0.365 e. The van der Waals surface area contributed by atoms with Crippen molar-refractivity contribution in [2.45, 2.75) is 26.3 Å². The normalized spacial score (nSPS) is 10.4. The van der Waals surface area contributed by atoms with Crippen LogP contribution in [0.1, 0.15) is 25.3 Å². The predicted octanol–water partition coefficient (Wildman–Crippen LogP) is 3.37. The zero-order valence-electron chi connectivity index (χ0n) is 12.4. The van der Waals surface area contributed by atoms with Gasteiger partial charge in [0.2, 0.25) is 5.95 Å². The van der Waals surface area contributed by atoms with Gasteiger partial charge >= 0.3 is 0 Å². The Balaban J connectivity index is 1.95. The van der Waals surface area contributed by atoms with Crippen LogP contribution >= 0.6 is 11.6 Å². The van der Waals surface area contributed by atoms with Gasteiger partial charge in [0.25, 0.3) is 0 Å². The fourth-order valence-electron chi connectivity index (χ4n) is 1.83. The number of hydrogen-bond acceptors (Lipinski definition) is 5. The molecule has 112 valence electrons. The summed E-state index contributed by atoms with van der Waals surface area (Å²) in [4.78, 5) is 6.49. The molecule has 6 heteroatoms. The summed E-state index contributed by atoms with van der Waals surface area (Å²) in [5.74, 6) is 1.36. The van der Waals surface area contributed by atoms with E-state index >= 15 is 0 Å². The van der Waals surface area contributed by atoms with E-state index in [-0.39, 0.29) is 0 Å². The Bertz CT molecular complexity index is 558. The summed E-state index contributed by atoms with van der Waals surface area (Å²) in [7, 11) is 1.98. The Morgan fingerprint density at radius 1 is 1.24 bits per heavy atom. The number of nitrogens with one attached hydrogen (secondary N) is 1. The Morgan fingerprint density at radius 2 is 2.00 bits per heavy atom. The van der Waals surface area contributed by atoms with Gasteiger partial charge in [0.05, 0.1) is 6.20 Å². The van der Waals surface area contributed by atoms with E-state index in [9.17, 15) is 0 Å². The summed E-state index contributed by atoms with van der Waals surface area (Å²) in [5, 5.41) is 12.1. The zero-order valence-corrected chi connectivity index (χ0v) is 13.1. The third-order valence-electron chi connectivity index (χ3n) is 3.12. The van der Waals surface area contributed by atoms with Crippen molar-refractivity contribution in [3.05, 3.63) is 41.0 Å². The van der Waals surface area contributed by atoms with Crippen molar-refractivity contribution in [1.82, 2.24) is 15.2 Å². The Kier molecular flexibility index (Phi) is 5.75. The largest absolute Gasteiger partial charge is 0.365 e. The highest BCUT2D eigenvalue weighted by atomic mass is 35.5. The van der Waals surface area contributed by atoms with Crippen LogP contribution in [0.25, 0.3) is 0 Å². The second-order valence-electron chi connectivity index (χ2n) is 4.90. The second kappa shape index (κ2) is 7.78. The first-order chi connectivity index (χ1) is 10.2. The molecule has 0 amide bonds. The monoisotopic (exact) mass is 305 g/mol. The first-order valence-corrected chi connectivity index (χ1v) is 7.46. The van der Waals surface area contributed by atoms with Crippen molar-refractivity contribution >= 4 is 23.4 Å². The van der Waals surface area contributed by atoms with Crippen LogP contribution in [0, 0.1) is 0 Å². The number of rotatable bonds is 7. The van der Waals surface area contributed by atoms with Gasteiger partial charge in [-0.1, -0.05) is 37.1 Å². The van der Waals surface area contributed by atoms with E-state index in [1.807, 2.05) is 36.2 Å². The SMILES string of the molecule is CCCCN(C)c1nncc(NCc2ccc(Cl)cc2)n1. The maximum Gasteiger partial charge on any atom is 0.247 e. The van der Waals surface area contributed by atoms with Crippen LogP contribution < -0.4 is 10.2 Å². The molecule has 0 aliphatic heterocycles. The molecule has 0 fully saturated rings. The number of aromatic nitrogens is 3. The molecule has 0 atom stereocenters. The molecule has 1 aromatic carbocycles. The Hall–Kier alpha value is -1.88. The van der Waals surface area contributed by atoms with E-state index in [1.54, 1.807) is 6.20 Å². The summed E-state index contributed by atoms with van der Waals surface area (Å²) < 4.78 is 0. The predicted molar refractivity (Wildman–Crippen MR) is 86.8 cm³/mol. The van der Waals surface area contributed by atoms with E-state index in [1.165, 1.54) is 0 Å². The zero-order chi connectivity index (χ0) is 15.1. The van der Waals surface area contributed by atoms with E-state index in [0.29, 0.717) is 12.5 Å². The molecule has 0 bridgehead atoms. The third-order valence-corrected chi connectivity index (χ3v) is 3.38. The maximum absolute atomic E-state index is 5.87. The van der Waals surface area contributed by atoms with Crippen LogP contribution in [0.4, 0.5) is 11.8 Å². The molecule has 1 heterocycles. The first kappa shape index (κ1) is 15.5. The molecule has 0 saturated carbocycles. The molecule has 0 aliphatic carbocycles. The van der Waals surface area contributed by atoms with Crippen molar-refractivity contribution < 1.29 is 0 Å². The van der Waals surface area contributed by atoms with Crippen LogP contribution in [0.3, 0.4) is 0 Å². The summed E-state index contributed by atoms with van der Waals surface area (Å²) in [6.07, 6.45) is 3.89. The topological polar surface area (TPSA) is 53.9 Å². The summed E-state index contributed by atoms with van der Waals surface area (Å²) in [5.41, 5.74) is 1.14. The number of nitrogens with zero attached hydrogens (tertiary/aromatic N) is 4. The van der Waals surface area contributed by atoms with Gasteiger partial charge in [0.1, 0.15) is 0 Å². The molecule has 5 nitrogen and oxygen atoms in total. The van der Waals surface area contributed by atoms with E-state index < -0.39 is 0 Å². The molecule has 0 spiro atoms. The molecule has 0 aliphatic rings. The van der Waals surface area contributed by atoms with Crippen molar-refractivity contribution in [2.24, 2.45) is 0 Å². The van der Waals surface area contributed by atoms with E-state index in [4.69, 9.17) is 11.6 Å². The quantitative estimate of drug-likeness (QED) is 0.850. The fraction of sp³-hybridized carbons (Fsp3) is 0.400. The lowest BCUT2D eigenvalue weighted by Gasteiger charge is -2.16. The molecule has 21 heavy (non-hydrogen) atoms. The Labute approximate surface area is 130 Å². The summed E-state index contributed by atoms with van der Waals surface area (Å²) in [6.45, 7) is 3.77. The third kappa shape index (κ3) is 4.86. The summed E-state index contributed by atoms with van der Waals surface area (Å²) >= 11 is 5.87. The van der Waals surface area contributed by atoms with Crippen LogP contribution in [0.15, 0.2) is 30.5 Å². The molecule has 2 rings (SSSR count). The highest BCUT2D eigenvalue weighted by Crippen LogP contribution is 2.12. The highest BCUT2D eigenvalue weighted by molar-refractivity contribution is 6.30. The summed E-state index contributed by atoms with van der Waals surface area (Å²) in [6, 6.07) is 7.72. The fourth-order valence-corrected chi connectivity index (χ4v) is 1.96. The molecule has 0 unspecified atom stereocenters. The number of halogens is 1. The average molecular weight is 306 g/mol. The van der Waals surface area contributed by atoms with Crippen molar-refractivity contribution in [2.75, 3.05) is 23.8 Å². The number of unbranched alkanes of at least 4 members (excludes halogenated alkanes) is 1. The van der Waals surface area contributed by atoms with Crippen molar-refractivity contribution in [3.8, 4) is 0 Å². The standard InChI is InChI=1S/C15H20ClN5/c1-3-4-9-21(2)15-19-14(11-18-20-15)17-10-12-5-7-13(16)8-6-12/h5-8,11H,3-4,9-10H2,1-2H3,(H,17,19,20). The number of hydrogen-bond donors (Lipinski definition) is 1. The molecule has 1 aromatic heterocycles. The molecular formula is C15H20ClN5. The Morgan fingerprint density at radius 3 is 2.71 bits per heavy atom. The lowest BCUT2D eigenvalue weighted by Crippen LogP contribution is -2.21. The molecule has 0 radical (unpaired) electrons. The molecule has 2 aromatic rings. The highest BCUT2D eigenvalue weighted by Gasteiger charge is 2.05. The minimum atomic E-state index is 0.643. The van der Waals surface area contributed by atoms with Gasteiger partial charge in [-0.25, -0.2) is 0 Å². The minimum absolute atomic E-state index is 0.643. The van der Waals surface area contributed by atoms with Crippen LogP contribution in [0.5, 0.6) is 0 Å². The van der Waals surface area contributed by atoms with E-state index in [0.717, 1.165) is 35.8 Å². The van der Waals surface area contributed by atoms with Crippen LogP contribution in [-0.4, -0.2) is 28.8 Å². The second-order valence-corrected chi connectivity index (χ2v) is 5.33. The number of benzene rings is 1.